The van der Waals surface area contributed by atoms with Gasteiger partial charge < -0.3 is 5.11 Å². The molecule has 0 radical (unpaired) electrons. The highest BCUT2D eigenvalue weighted by Crippen LogP contribution is 2.26. The number of nitrogens with zero attached hydrogens (tertiary/aromatic N) is 4. The molecule has 2 aromatic heterocycles. The number of aromatic carboxylic acids is 1. The first-order valence-corrected chi connectivity index (χ1v) is 7.20. The van der Waals surface area contributed by atoms with Crippen LogP contribution in [0.1, 0.15) is 16.2 Å². The summed E-state index contributed by atoms with van der Waals surface area (Å²) in [5, 5.41) is 13.1. The van der Waals surface area contributed by atoms with Crippen LogP contribution in [0.5, 0.6) is 0 Å². The van der Waals surface area contributed by atoms with E-state index >= 15 is 0 Å². The van der Waals surface area contributed by atoms with Crippen LogP contribution in [-0.2, 0) is 6.18 Å². The van der Waals surface area contributed by atoms with E-state index in [-0.39, 0.29) is 16.9 Å². The summed E-state index contributed by atoms with van der Waals surface area (Å²) in [6.07, 6.45) is -3.16. The summed E-state index contributed by atoms with van der Waals surface area (Å²) in [6, 6.07) is 5.54. The van der Waals surface area contributed by atoms with Gasteiger partial charge in [-0.2, -0.15) is 23.0 Å². The number of carboxylic acids is 1. The SMILES string of the molecule is O=C(O)c1cc(-c2cnc(C(F)(F)F)nc2)nn(-c2cccc(F)c2)c1=O. The normalized spacial score (nSPS) is 11.4. The summed E-state index contributed by atoms with van der Waals surface area (Å²) in [4.78, 5) is 30.0. The minimum atomic E-state index is -4.75. The molecule has 3 aromatic rings. The monoisotopic (exact) mass is 380 g/mol. The number of hydrogen-bond acceptors (Lipinski definition) is 5. The quantitative estimate of drug-likeness (QED) is 0.702. The fourth-order valence-corrected chi connectivity index (χ4v) is 2.18. The lowest BCUT2D eigenvalue weighted by atomic mass is 10.2. The Morgan fingerprint density at radius 2 is 1.78 bits per heavy atom. The van der Waals surface area contributed by atoms with E-state index in [1.807, 2.05) is 0 Å². The molecule has 2 heterocycles. The Labute approximate surface area is 147 Å². The zero-order valence-corrected chi connectivity index (χ0v) is 13.1. The van der Waals surface area contributed by atoms with E-state index < -0.39 is 34.9 Å². The standard InChI is InChI=1S/C16H8F4N4O3/c17-9-2-1-3-10(4-9)24-13(25)11(14(26)27)5-12(23-24)8-6-21-15(22-7-8)16(18,19)20/h1-7H,(H,26,27). The van der Waals surface area contributed by atoms with Gasteiger partial charge >= 0.3 is 12.1 Å². The summed E-state index contributed by atoms with van der Waals surface area (Å²) in [7, 11) is 0. The third-order valence-corrected chi connectivity index (χ3v) is 3.40. The summed E-state index contributed by atoms with van der Waals surface area (Å²) in [5.74, 6) is -3.66. The van der Waals surface area contributed by atoms with Gasteiger partial charge in [-0.15, -0.1) is 0 Å². The second-order valence-electron chi connectivity index (χ2n) is 5.24. The molecule has 3 rings (SSSR count). The fraction of sp³-hybridized carbons (Fsp3) is 0.0625. The summed E-state index contributed by atoms with van der Waals surface area (Å²) in [5.41, 5.74) is -2.04. The van der Waals surface area contributed by atoms with Crippen molar-refractivity contribution < 1.29 is 27.5 Å². The second kappa shape index (κ2) is 6.59. The van der Waals surface area contributed by atoms with Crippen molar-refractivity contribution in [3.8, 4) is 16.9 Å². The number of carbonyl (C=O) groups is 1. The summed E-state index contributed by atoms with van der Waals surface area (Å²) < 4.78 is 51.8. The van der Waals surface area contributed by atoms with Crippen LogP contribution < -0.4 is 5.56 Å². The first kappa shape index (κ1) is 18.2. The highest BCUT2D eigenvalue weighted by molar-refractivity contribution is 5.88. The zero-order valence-electron chi connectivity index (χ0n) is 13.1. The molecule has 0 aliphatic carbocycles. The Balaban J connectivity index is 2.19. The minimum absolute atomic E-state index is 0.0582. The lowest BCUT2D eigenvalue weighted by Gasteiger charge is -2.10. The van der Waals surface area contributed by atoms with Crippen molar-refractivity contribution in [3.05, 3.63) is 70.3 Å². The first-order valence-electron chi connectivity index (χ1n) is 7.20. The van der Waals surface area contributed by atoms with Crippen LogP contribution in [0.15, 0.2) is 47.5 Å². The number of hydrogen-bond donors (Lipinski definition) is 1. The topological polar surface area (TPSA) is 98.0 Å². The van der Waals surface area contributed by atoms with Crippen molar-refractivity contribution in [1.82, 2.24) is 19.7 Å². The molecule has 1 aromatic carbocycles. The molecule has 27 heavy (non-hydrogen) atoms. The average molecular weight is 380 g/mol. The number of rotatable bonds is 3. The van der Waals surface area contributed by atoms with Crippen LogP contribution in [0.25, 0.3) is 16.9 Å². The van der Waals surface area contributed by atoms with Crippen LogP contribution in [0.4, 0.5) is 17.6 Å². The van der Waals surface area contributed by atoms with E-state index in [9.17, 15) is 32.3 Å². The first-order chi connectivity index (χ1) is 12.7. The maximum Gasteiger partial charge on any atom is 0.451 e. The molecule has 0 aliphatic rings. The lowest BCUT2D eigenvalue weighted by Crippen LogP contribution is -2.27. The fourth-order valence-electron chi connectivity index (χ4n) is 2.18. The molecular formula is C16H8F4N4O3. The van der Waals surface area contributed by atoms with E-state index in [0.717, 1.165) is 30.6 Å². The summed E-state index contributed by atoms with van der Waals surface area (Å²) in [6.45, 7) is 0. The van der Waals surface area contributed by atoms with E-state index in [0.29, 0.717) is 4.68 Å². The van der Waals surface area contributed by atoms with Crippen LogP contribution in [0, 0.1) is 5.82 Å². The predicted octanol–water partition coefficient (Wildman–Crippen LogP) is 2.55. The average Bonchev–Trinajstić information content (AvgIpc) is 2.61. The van der Waals surface area contributed by atoms with Gasteiger partial charge in [0.1, 0.15) is 11.4 Å². The van der Waals surface area contributed by atoms with Gasteiger partial charge in [-0.1, -0.05) is 6.07 Å². The predicted molar refractivity (Wildman–Crippen MR) is 82.8 cm³/mol. The van der Waals surface area contributed by atoms with Crippen LogP contribution >= 0.6 is 0 Å². The molecule has 7 nitrogen and oxygen atoms in total. The van der Waals surface area contributed by atoms with E-state index in [4.69, 9.17) is 0 Å². The van der Waals surface area contributed by atoms with Gasteiger partial charge in [0.05, 0.1) is 11.4 Å². The van der Waals surface area contributed by atoms with Crippen LogP contribution in [-0.4, -0.2) is 30.8 Å². The van der Waals surface area contributed by atoms with Crippen molar-refractivity contribution in [3.63, 3.8) is 0 Å². The molecular weight excluding hydrogens is 372 g/mol. The zero-order chi connectivity index (χ0) is 19.8. The van der Waals surface area contributed by atoms with Crippen molar-refractivity contribution in [1.29, 1.82) is 0 Å². The Morgan fingerprint density at radius 3 is 2.33 bits per heavy atom. The maximum atomic E-state index is 13.4. The molecule has 0 saturated heterocycles. The highest BCUT2D eigenvalue weighted by Gasteiger charge is 2.34. The molecule has 0 aliphatic heterocycles. The van der Waals surface area contributed by atoms with Crippen LogP contribution in [0.3, 0.4) is 0 Å². The molecule has 0 unspecified atom stereocenters. The minimum Gasteiger partial charge on any atom is -0.477 e. The van der Waals surface area contributed by atoms with Gasteiger partial charge in [0, 0.05) is 18.0 Å². The van der Waals surface area contributed by atoms with E-state index in [1.54, 1.807) is 0 Å². The van der Waals surface area contributed by atoms with Gasteiger partial charge in [-0.3, -0.25) is 4.79 Å². The van der Waals surface area contributed by atoms with Gasteiger partial charge in [0.25, 0.3) is 5.56 Å². The lowest BCUT2D eigenvalue weighted by molar-refractivity contribution is -0.144. The molecule has 0 fully saturated rings. The molecule has 0 amide bonds. The largest absolute Gasteiger partial charge is 0.477 e. The third kappa shape index (κ3) is 3.66. The smallest absolute Gasteiger partial charge is 0.451 e. The van der Waals surface area contributed by atoms with Gasteiger partial charge in [-0.05, 0) is 24.3 Å². The second-order valence-corrected chi connectivity index (χ2v) is 5.24. The Bertz CT molecular complexity index is 1080. The van der Waals surface area contributed by atoms with Gasteiger partial charge in [0.2, 0.25) is 5.82 Å². The van der Waals surface area contributed by atoms with Gasteiger partial charge in [-0.25, -0.2) is 19.2 Å². The molecule has 0 spiro atoms. The molecule has 11 heteroatoms. The maximum absolute atomic E-state index is 13.4. The molecule has 138 valence electrons. The summed E-state index contributed by atoms with van der Waals surface area (Å²) >= 11 is 0. The van der Waals surface area contributed by atoms with Crippen molar-refractivity contribution in [2.45, 2.75) is 6.18 Å². The molecule has 0 bridgehead atoms. The number of benzene rings is 1. The Hall–Kier alpha value is -3.63. The van der Waals surface area contributed by atoms with Crippen molar-refractivity contribution in [2.24, 2.45) is 0 Å². The number of alkyl halides is 3. The van der Waals surface area contributed by atoms with E-state index in [2.05, 4.69) is 15.1 Å². The Kier molecular flexibility index (Phi) is 4.44. The third-order valence-electron chi connectivity index (χ3n) is 3.40. The number of carboxylic acid groups (broad SMARTS) is 1. The molecule has 1 N–H and O–H groups in total. The molecule has 0 atom stereocenters. The van der Waals surface area contributed by atoms with Crippen molar-refractivity contribution in [2.75, 3.05) is 0 Å². The van der Waals surface area contributed by atoms with E-state index in [1.165, 1.54) is 12.1 Å². The molecule has 0 saturated carbocycles. The van der Waals surface area contributed by atoms with Crippen molar-refractivity contribution >= 4 is 5.97 Å². The number of aromatic nitrogens is 4. The highest BCUT2D eigenvalue weighted by atomic mass is 19.4. The van der Waals surface area contributed by atoms with Gasteiger partial charge in [0.15, 0.2) is 0 Å². The van der Waals surface area contributed by atoms with Crippen LogP contribution in [0.2, 0.25) is 0 Å². The Morgan fingerprint density at radius 1 is 1.11 bits per heavy atom. The number of halogens is 4.